The van der Waals surface area contributed by atoms with Gasteiger partial charge in [0.2, 0.25) is 0 Å². The highest BCUT2D eigenvalue weighted by Crippen LogP contribution is 2.68. The minimum Gasteiger partial charge on any atom is -0.293 e. The number of ketones is 1. The van der Waals surface area contributed by atoms with E-state index in [2.05, 4.69) is 91.0 Å². The second-order valence-corrected chi connectivity index (χ2v) is 8.89. The van der Waals surface area contributed by atoms with E-state index in [1.807, 2.05) is 30.3 Å². The van der Waals surface area contributed by atoms with E-state index in [9.17, 15) is 4.79 Å². The Balaban J connectivity index is 1.63. The van der Waals surface area contributed by atoms with Crippen LogP contribution in [-0.4, -0.2) is 5.78 Å². The minimum atomic E-state index is -0.502. The molecule has 0 spiro atoms. The van der Waals surface area contributed by atoms with Gasteiger partial charge in [-0.25, -0.2) is 0 Å². The first-order chi connectivity index (χ1) is 15.8. The third kappa shape index (κ3) is 2.67. The van der Waals surface area contributed by atoms with E-state index < -0.39 is 5.41 Å². The zero-order valence-corrected chi connectivity index (χ0v) is 17.8. The molecule has 3 unspecified atom stereocenters. The number of allylic oxidation sites excluding steroid dienone is 2. The van der Waals surface area contributed by atoms with Crippen LogP contribution in [0.1, 0.15) is 34.6 Å². The maximum Gasteiger partial charge on any atom is 0.174 e. The summed E-state index contributed by atoms with van der Waals surface area (Å²) in [5.74, 6) is 0.708. The van der Waals surface area contributed by atoms with Crippen molar-refractivity contribution in [2.45, 2.75) is 17.8 Å². The average molecular weight is 413 g/mol. The average Bonchev–Trinajstić information content (AvgIpc) is 3.05. The van der Waals surface area contributed by atoms with Gasteiger partial charge in [0.15, 0.2) is 5.78 Å². The lowest BCUT2D eigenvalue weighted by atomic mass is 9.48. The van der Waals surface area contributed by atoms with E-state index in [4.69, 9.17) is 0 Å². The predicted molar refractivity (Wildman–Crippen MR) is 130 cm³/mol. The third-order valence-corrected chi connectivity index (χ3v) is 7.35. The molecule has 1 saturated carbocycles. The first kappa shape index (κ1) is 19.0. The lowest BCUT2D eigenvalue weighted by molar-refractivity contribution is -0.123. The topological polar surface area (TPSA) is 17.1 Å². The molecule has 0 saturated heterocycles. The van der Waals surface area contributed by atoms with Crippen molar-refractivity contribution in [3.63, 3.8) is 0 Å². The van der Waals surface area contributed by atoms with E-state index in [1.165, 1.54) is 11.1 Å². The van der Waals surface area contributed by atoms with Gasteiger partial charge in [-0.15, -0.1) is 0 Å². The van der Waals surface area contributed by atoms with E-state index in [0.29, 0.717) is 5.92 Å². The van der Waals surface area contributed by atoms with Crippen LogP contribution in [-0.2, 0) is 10.2 Å². The maximum absolute atomic E-state index is 14.4. The van der Waals surface area contributed by atoms with Crippen LogP contribution in [0.4, 0.5) is 0 Å². The van der Waals surface area contributed by atoms with Gasteiger partial charge >= 0.3 is 0 Å². The number of hydrogen-bond donors (Lipinski definition) is 0. The van der Waals surface area contributed by atoms with Crippen LogP contribution in [0.3, 0.4) is 0 Å². The second-order valence-electron chi connectivity index (χ2n) is 8.89. The predicted octanol–water partition coefficient (Wildman–Crippen LogP) is 6.92. The van der Waals surface area contributed by atoms with Crippen molar-refractivity contribution in [1.29, 1.82) is 0 Å². The molecule has 0 bridgehead atoms. The van der Waals surface area contributed by atoms with Gasteiger partial charge in [-0.2, -0.15) is 0 Å². The molecule has 0 aromatic heterocycles. The van der Waals surface area contributed by atoms with Crippen molar-refractivity contribution in [3.05, 3.63) is 144 Å². The highest BCUT2D eigenvalue weighted by atomic mass is 16.1. The van der Waals surface area contributed by atoms with E-state index in [1.54, 1.807) is 0 Å². The van der Waals surface area contributed by atoms with Crippen LogP contribution in [0.15, 0.2) is 121 Å². The first-order valence-corrected chi connectivity index (χ1v) is 11.3. The number of hydrogen-bond acceptors (Lipinski definition) is 1. The second kappa shape index (κ2) is 7.46. The summed E-state index contributed by atoms with van der Waals surface area (Å²) in [5.41, 5.74) is 6.23. The SMILES string of the molecule is O=C1C(c2ccccc2)=C(c2ccccc2)C2C(c3ccccc3)CC12c1ccccc1. The molecule has 2 aliphatic carbocycles. The molecule has 0 amide bonds. The molecule has 0 radical (unpaired) electrons. The lowest BCUT2D eigenvalue weighted by Crippen LogP contribution is -2.52. The summed E-state index contributed by atoms with van der Waals surface area (Å²) < 4.78 is 0. The number of carbonyl (C=O) groups is 1. The molecule has 154 valence electrons. The Kier molecular flexibility index (Phi) is 4.43. The van der Waals surface area contributed by atoms with E-state index >= 15 is 0 Å². The molecular formula is C31H24O. The van der Waals surface area contributed by atoms with Gasteiger partial charge < -0.3 is 0 Å². The largest absolute Gasteiger partial charge is 0.293 e. The highest BCUT2D eigenvalue weighted by Gasteiger charge is 2.65. The highest BCUT2D eigenvalue weighted by molar-refractivity contribution is 6.36. The zero-order valence-electron chi connectivity index (χ0n) is 17.8. The monoisotopic (exact) mass is 412 g/mol. The normalized spacial score (nSPS) is 24.2. The van der Waals surface area contributed by atoms with Crippen molar-refractivity contribution >= 4 is 16.9 Å². The van der Waals surface area contributed by atoms with Crippen LogP contribution in [0.5, 0.6) is 0 Å². The molecule has 3 atom stereocenters. The van der Waals surface area contributed by atoms with Crippen molar-refractivity contribution < 1.29 is 4.79 Å². The maximum atomic E-state index is 14.4. The molecule has 0 N–H and O–H groups in total. The minimum absolute atomic E-state index is 0.123. The summed E-state index contributed by atoms with van der Waals surface area (Å²) >= 11 is 0. The zero-order chi connectivity index (χ0) is 21.5. The molecule has 0 aliphatic heterocycles. The number of rotatable bonds is 4. The van der Waals surface area contributed by atoms with Gasteiger partial charge in [-0.1, -0.05) is 121 Å². The van der Waals surface area contributed by atoms with Crippen LogP contribution >= 0.6 is 0 Å². The van der Waals surface area contributed by atoms with Crippen LogP contribution < -0.4 is 0 Å². The van der Waals surface area contributed by atoms with Crippen LogP contribution in [0.25, 0.3) is 11.1 Å². The number of Topliss-reactive ketones (excluding diaryl/α,β-unsaturated/α-hetero) is 1. The summed E-state index contributed by atoms with van der Waals surface area (Å²) in [4.78, 5) is 14.4. The molecule has 6 rings (SSSR count). The smallest absolute Gasteiger partial charge is 0.174 e. The van der Waals surface area contributed by atoms with Crippen molar-refractivity contribution in [2.24, 2.45) is 5.92 Å². The first-order valence-electron chi connectivity index (χ1n) is 11.3. The number of benzene rings is 4. The summed E-state index contributed by atoms with van der Waals surface area (Å²) in [7, 11) is 0. The van der Waals surface area contributed by atoms with Gasteiger partial charge in [0.1, 0.15) is 0 Å². The van der Waals surface area contributed by atoms with Crippen molar-refractivity contribution in [2.75, 3.05) is 0 Å². The fourth-order valence-electron chi connectivity index (χ4n) is 5.96. The Bertz CT molecular complexity index is 1290. The summed E-state index contributed by atoms with van der Waals surface area (Å²) in [6, 6.07) is 41.9. The molecular weight excluding hydrogens is 388 g/mol. The third-order valence-electron chi connectivity index (χ3n) is 7.35. The van der Waals surface area contributed by atoms with Crippen LogP contribution in [0, 0.1) is 5.92 Å². The Hall–Kier alpha value is -3.71. The quantitative estimate of drug-likeness (QED) is 0.355. The molecule has 2 aliphatic rings. The summed E-state index contributed by atoms with van der Waals surface area (Å²) in [5, 5.41) is 0. The molecule has 1 heteroatoms. The van der Waals surface area contributed by atoms with Gasteiger partial charge in [0.05, 0.1) is 5.41 Å². The van der Waals surface area contributed by atoms with E-state index in [-0.39, 0.29) is 11.7 Å². The fourth-order valence-corrected chi connectivity index (χ4v) is 5.96. The Morgan fingerprint density at radius 3 is 1.69 bits per heavy atom. The van der Waals surface area contributed by atoms with Crippen molar-refractivity contribution in [1.82, 2.24) is 0 Å². The standard InChI is InChI=1S/C31H24O/c32-30-28(24-17-9-3-10-18-24)27(23-15-7-2-8-16-23)29-26(22-13-5-1-6-14-22)21-31(29,30)25-19-11-4-12-20-25/h1-20,26,29H,21H2. The van der Waals surface area contributed by atoms with Crippen molar-refractivity contribution in [3.8, 4) is 0 Å². The molecule has 1 fully saturated rings. The van der Waals surface area contributed by atoms with E-state index in [0.717, 1.165) is 28.7 Å². The molecule has 4 aromatic rings. The number of carbonyl (C=O) groups excluding carboxylic acids is 1. The summed E-state index contributed by atoms with van der Waals surface area (Å²) in [6.45, 7) is 0. The lowest BCUT2D eigenvalue weighted by Gasteiger charge is -2.52. The Morgan fingerprint density at radius 2 is 1.09 bits per heavy atom. The summed E-state index contributed by atoms with van der Waals surface area (Å²) in [6.07, 6.45) is 0.844. The molecule has 1 nitrogen and oxygen atoms in total. The van der Waals surface area contributed by atoms with Gasteiger partial charge in [-0.05, 0) is 40.2 Å². The van der Waals surface area contributed by atoms with Gasteiger partial charge in [-0.3, -0.25) is 4.79 Å². The Labute approximate surface area is 189 Å². The van der Waals surface area contributed by atoms with Gasteiger partial charge in [0, 0.05) is 11.5 Å². The molecule has 4 aromatic carbocycles. The number of fused-ring (bicyclic) bond motifs is 1. The molecule has 0 heterocycles. The Morgan fingerprint density at radius 1 is 0.594 bits per heavy atom. The van der Waals surface area contributed by atoms with Crippen LogP contribution in [0.2, 0.25) is 0 Å². The van der Waals surface area contributed by atoms with Gasteiger partial charge in [0.25, 0.3) is 0 Å². The fraction of sp³-hybridized carbons (Fsp3) is 0.129. The molecule has 32 heavy (non-hydrogen) atoms.